The molecule has 2 heterocycles. The maximum absolute atomic E-state index is 4.62. The minimum atomic E-state index is 0.912. The van der Waals surface area contributed by atoms with E-state index in [9.17, 15) is 0 Å². The summed E-state index contributed by atoms with van der Waals surface area (Å²) >= 11 is 0. The van der Waals surface area contributed by atoms with Crippen LogP contribution < -0.4 is 0 Å². The molecule has 0 unspecified atom stereocenters. The van der Waals surface area contributed by atoms with Crippen molar-refractivity contribution in [3.8, 4) is 0 Å². The fourth-order valence-electron chi connectivity index (χ4n) is 2.75. The molecule has 0 atom stereocenters. The van der Waals surface area contributed by atoms with Crippen LogP contribution in [0.3, 0.4) is 0 Å². The molecule has 0 N–H and O–H groups in total. The molecule has 96 valence electrons. The summed E-state index contributed by atoms with van der Waals surface area (Å²) in [5, 5.41) is 1.07. The largest absolute Gasteiger partial charge is 0.257 e. The first kappa shape index (κ1) is 11.3. The van der Waals surface area contributed by atoms with Gasteiger partial charge in [-0.3, -0.25) is 4.98 Å². The van der Waals surface area contributed by atoms with Gasteiger partial charge in [0.05, 0.1) is 11.2 Å². The quantitative estimate of drug-likeness (QED) is 0.673. The summed E-state index contributed by atoms with van der Waals surface area (Å²) in [4.78, 5) is 13.0. The zero-order chi connectivity index (χ0) is 13.5. The Morgan fingerprint density at radius 1 is 1.10 bits per heavy atom. The molecule has 0 saturated carbocycles. The summed E-state index contributed by atoms with van der Waals surface area (Å²) < 4.78 is 0. The second kappa shape index (κ2) is 4.23. The number of allylic oxidation sites excluding steroid dienone is 1. The molecule has 3 heteroatoms. The Balaban J connectivity index is 1.85. The van der Waals surface area contributed by atoms with Crippen molar-refractivity contribution < 1.29 is 0 Å². The van der Waals surface area contributed by atoms with Crippen molar-refractivity contribution >= 4 is 16.5 Å². The number of benzene rings is 1. The standard InChI is InChI=1S/C17H13N3/c1-11-2-4-15-14(5-7-17(15)20-11)12-3-6-16-13(8-12)9-18-10-19-16/h2-6,8-10H,7H2,1H3. The van der Waals surface area contributed by atoms with Crippen molar-refractivity contribution in [2.24, 2.45) is 0 Å². The van der Waals surface area contributed by atoms with E-state index in [1.807, 2.05) is 19.2 Å². The van der Waals surface area contributed by atoms with E-state index in [0.717, 1.165) is 23.0 Å². The lowest BCUT2D eigenvalue weighted by Gasteiger charge is -2.07. The van der Waals surface area contributed by atoms with Crippen LogP contribution in [-0.2, 0) is 6.42 Å². The SMILES string of the molecule is Cc1ccc2c(n1)CC=C2c1ccc2ncncc2c1. The van der Waals surface area contributed by atoms with Gasteiger partial charge in [0, 0.05) is 29.3 Å². The fraction of sp³-hybridized carbons (Fsp3) is 0.118. The minimum Gasteiger partial charge on any atom is -0.257 e. The summed E-state index contributed by atoms with van der Waals surface area (Å²) in [6.07, 6.45) is 6.60. The zero-order valence-electron chi connectivity index (χ0n) is 11.2. The van der Waals surface area contributed by atoms with E-state index in [1.54, 1.807) is 6.33 Å². The Bertz CT molecular complexity index is 850. The Morgan fingerprint density at radius 3 is 3.00 bits per heavy atom. The molecule has 0 radical (unpaired) electrons. The highest BCUT2D eigenvalue weighted by Crippen LogP contribution is 2.32. The van der Waals surface area contributed by atoms with Crippen molar-refractivity contribution in [3.63, 3.8) is 0 Å². The van der Waals surface area contributed by atoms with Crippen LogP contribution in [0.4, 0.5) is 0 Å². The van der Waals surface area contributed by atoms with Crippen LogP contribution in [0.1, 0.15) is 22.5 Å². The molecule has 2 aromatic heterocycles. The number of aryl methyl sites for hydroxylation is 1. The molecule has 0 saturated heterocycles. The number of nitrogens with zero attached hydrogens (tertiary/aromatic N) is 3. The monoisotopic (exact) mass is 259 g/mol. The number of fused-ring (bicyclic) bond motifs is 2. The number of hydrogen-bond acceptors (Lipinski definition) is 3. The molecule has 0 amide bonds. The van der Waals surface area contributed by atoms with Crippen LogP contribution in [0.15, 0.2) is 48.9 Å². The van der Waals surface area contributed by atoms with Crippen LogP contribution in [-0.4, -0.2) is 15.0 Å². The van der Waals surface area contributed by atoms with Crippen molar-refractivity contribution in [1.82, 2.24) is 15.0 Å². The molecule has 0 bridgehead atoms. The summed E-state index contributed by atoms with van der Waals surface area (Å²) in [6.45, 7) is 2.03. The third kappa shape index (κ3) is 1.71. The fourth-order valence-corrected chi connectivity index (χ4v) is 2.75. The highest BCUT2D eigenvalue weighted by atomic mass is 14.8. The van der Waals surface area contributed by atoms with Gasteiger partial charge >= 0.3 is 0 Å². The van der Waals surface area contributed by atoms with Gasteiger partial charge in [-0.1, -0.05) is 18.2 Å². The number of rotatable bonds is 1. The number of aromatic nitrogens is 3. The van der Waals surface area contributed by atoms with Gasteiger partial charge < -0.3 is 0 Å². The second-order valence-electron chi connectivity index (χ2n) is 5.07. The molecule has 1 aliphatic carbocycles. The van der Waals surface area contributed by atoms with E-state index in [2.05, 4.69) is 45.3 Å². The van der Waals surface area contributed by atoms with Crippen molar-refractivity contribution in [2.75, 3.05) is 0 Å². The van der Waals surface area contributed by atoms with E-state index in [4.69, 9.17) is 0 Å². The smallest absolute Gasteiger partial charge is 0.116 e. The van der Waals surface area contributed by atoms with Crippen molar-refractivity contribution in [2.45, 2.75) is 13.3 Å². The minimum absolute atomic E-state index is 0.912. The third-order valence-electron chi connectivity index (χ3n) is 3.72. The summed E-state index contributed by atoms with van der Waals surface area (Å²) in [5.74, 6) is 0. The molecular weight excluding hydrogens is 246 g/mol. The van der Waals surface area contributed by atoms with E-state index < -0.39 is 0 Å². The predicted molar refractivity (Wildman–Crippen MR) is 79.3 cm³/mol. The molecule has 20 heavy (non-hydrogen) atoms. The highest BCUT2D eigenvalue weighted by Gasteiger charge is 2.17. The Labute approximate surface area is 117 Å². The number of pyridine rings is 1. The van der Waals surface area contributed by atoms with Gasteiger partial charge in [-0.05, 0) is 36.3 Å². The van der Waals surface area contributed by atoms with Gasteiger partial charge in [0.15, 0.2) is 0 Å². The van der Waals surface area contributed by atoms with Crippen LogP contribution in [0, 0.1) is 6.92 Å². The highest BCUT2D eigenvalue weighted by molar-refractivity contribution is 5.89. The summed E-state index contributed by atoms with van der Waals surface area (Å²) in [7, 11) is 0. The molecular formula is C17H13N3. The zero-order valence-corrected chi connectivity index (χ0v) is 11.2. The van der Waals surface area contributed by atoms with Gasteiger partial charge in [0.25, 0.3) is 0 Å². The van der Waals surface area contributed by atoms with Crippen molar-refractivity contribution in [3.05, 3.63) is 71.4 Å². The van der Waals surface area contributed by atoms with Gasteiger partial charge in [-0.25, -0.2) is 9.97 Å². The van der Waals surface area contributed by atoms with Crippen LogP contribution >= 0.6 is 0 Å². The van der Waals surface area contributed by atoms with Gasteiger partial charge in [0.2, 0.25) is 0 Å². The molecule has 0 aliphatic heterocycles. The van der Waals surface area contributed by atoms with Gasteiger partial charge in [-0.2, -0.15) is 0 Å². The van der Waals surface area contributed by atoms with Crippen molar-refractivity contribution in [1.29, 1.82) is 0 Å². The Hall–Kier alpha value is -2.55. The second-order valence-corrected chi connectivity index (χ2v) is 5.07. The average molecular weight is 259 g/mol. The Morgan fingerprint density at radius 2 is 2.05 bits per heavy atom. The van der Waals surface area contributed by atoms with E-state index >= 15 is 0 Å². The maximum atomic E-state index is 4.62. The summed E-state index contributed by atoms with van der Waals surface area (Å²) in [5.41, 5.74) is 6.93. The lowest BCUT2D eigenvalue weighted by atomic mass is 9.99. The molecule has 4 rings (SSSR count). The third-order valence-corrected chi connectivity index (χ3v) is 3.72. The molecule has 0 spiro atoms. The number of hydrogen-bond donors (Lipinski definition) is 0. The molecule has 0 fully saturated rings. The van der Waals surface area contributed by atoms with E-state index in [-0.39, 0.29) is 0 Å². The first-order valence-corrected chi connectivity index (χ1v) is 6.68. The topological polar surface area (TPSA) is 38.7 Å². The molecule has 1 aromatic carbocycles. The average Bonchev–Trinajstić information content (AvgIpc) is 2.89. The Kier molecular flexibility index (Phi) is 2.39. The van der Waals surface area contributed by atoms with Crippen LogP contribution in [0.5, 0.6) is 0 Å². The van der Waals surface area contributed by atoms with E-state index in [0.29, 0.717) is 0 Å². The van der Waals surface area contributed by atoms with Crippen LogP contribution in [0.2, 0.25) is 0 Å². The van der Waals surface area contributed by atoms with Crippen LogP contribution in [0.25, 0.3) is 16.5 Å². The maximum Gasteiger partial charge on any atom is 0.116 e. The molecule has 3 aromatic rings. The molecule has 1 aliphatic rings. The van der Waals surface area contributed by atoms with Gasteiger partial charge in [0.1, 0.15) is 6.33 Å². The summed E-state index contributed by atoms with van der Waals surface area (Å²) in [6, 6.07) is 10.6. The van der Waals surface area contributed by atoms with Gasteiger partial charge in [-0.15, -0.1) is 0 Å². The molecule has 3 nitrogen and oxygen atoms in total. The lowest BCUT2D eigenvalue weighted by Crippen LogP contribution is -1.93. The normalized spacial score (nSPS) is 13.3. The van der Waals surface area contributed by atoms with E-state index in [1.165, 1.54) is 22.4 Å². The lowest BCUT2D eigenvalue weighted by molar-refractivity contribution is 1.07. The first-order chi connectivity index (χ1) is 9.81. The predicted octanol–water partition coefficient (Wildman–Crippen LogP) is 3.32. The first-order valence-electron chi connectivity index (χ1n) is 6.68.